The monoisotopic (exact) mass is 394 g/mol. The molecule has 0 unspecified atom stereocenters. The van der Waals surface area contributed by atoms with Gasteiger partial charge in [-0.15, -0.1) is 0 Å². The van der Waals surface area contributed by atoms with Crippen molar-refractivity contribution in [1.82, 2.24) is 9.88 Å². The van der Waals surface area contributed by atoms with Crippen LogP contribution in [0.3, 0.4) is 0 Å². The first-order valence-corrected chi connectivity index (χ1v) is 9.78. The molecule has 0 bridgehead atoms. The molecular formula is C23H23FN2O3. The summed E-state index contributed by atoms with van der Waals surface area (Å²) in [5, 5.41) is 3.77. The minimum absolute atomic E-state index is 0.0713. The standard InChI is InChI=1S/C23H23FN2O3/c1-15-9-23(28)26(13-17-3-2-4-18(24)10-17)21-11-19(7-8-20(15)21)29-14-22(27)25-12-16-5-6-16/h2-4,7-11,16H,5-6,12-14H2,1H3,(H,25,27). The molecule has 1 N–H and O–H groups in total. The highest BCUT2D eigenvalue weighted by Gasteiger charge is 2.21. The van der Waals surface area contributed by atoms with Crippen LogP contribution in [0, 0.1) is 18.7 Å². The summed E-state index contributed by atoms with van der Waals surface area (Å²) in [5.41, 5.74) is 2.07. The van der Waals surface area contributed by atoms with Gasteiger partial charge in [0.2, 0.25) is 0 Å². The molecule has 1 saturated carbocycles. The number of pyridine rings is 1. The lowest BCUT2D eigenvalue weighted by Gasteiger charge is -2.14. The average molecular weight is 394 g/mol. The zero-order valence-corrected chi connectivity index (χ0v) is 16.3. The van der Waals surface area contributed by atoms with Gasteiger partial charge in [0.15, 0.2) is 6.61 Å². The van der Waals surface area contributed by atoms with Crippen molar-refractivity contribution in [1.29, 1.82) is 0 Å². The van der Waals surface area contributed by atoms with Crippen LogP contribution in [-0.2, 0) is 11.3 Å². The molecule has 2 aromatic carbocycles. The minimum atomic E-state index is -0.340. The Bertz CT molecular complexity index is 1120. The molecule has 1 amide bonds. The summed E-state index contributed by atoms with van der Waals surface area (Å²) in [6, 6.07) is 13.2. The maximum Gasteiger partial charge on any atom is 0.257 e. The third-order valence-electron chi connectivity index (χ3n) is 5.18. The first-order valence-electron chi connectivity index (χ1n) is 9.78. The summed E-state index contributed by atoms with van der Waals surface area (Å²) >= 11 is 0. The largest absolute Gasteiger partial charge is 0.484 e. The van der Waals surface area contributed by atoms with Gasteiger partial charge in [-0.2, -0.15) is 0 Å². The SMILES string of the molecule is Cc1cc(=O)n(Cc2cccc(F)c2)c2cc(OCC(=O)NCC3CC3)ccc12. The van der Waals surface area contributed by atoms with Crippen LogP contribution in [0.5, 0.6) is 5.75 Å². The van der Waals surface area contributed by atoms with E-state index in [2.05, 4.69) is 5.32 Å². The number of nitrogens with zero attached hydrogens (tertiary/aromatic N) is 1. The van der Waals surface area contributed by atoms with Crippen LogP contribution in [0.1, 0.15) is 24.0 Å². The number of benzene rings is 2. The number of carbonyl (C=O) groups is 1. The second-order valence-corrected chi connectivity index (χ2v) is 7.60. The van der Waals surface area contributed by atoms with Gasteiger partial charge in [0.05, 0.1) is 12.1 Å². The van der Waals surface area contributed by atoms with E-state index in [-0.39, 0.29) is 30.4 Å². The fourth-order valence-electron chi connectivity index (χ4n) is 3.38. The lowest BCUT2D eigenvalue weighted by atomic mass is 10.1. The molecule has 4 rings (SSSR count). The quantitative estimate of drug-likeness (QED) is 0.668. The maximum absolute atomic E-state index is 13.6. The molecule has 0 radical (unpaired) electrons. The highest BCUT2D eigenvalue weighted by atomic mass is 19.1. The van der Waals surface area contributed by atoms with Gasteiger partial charge in [0, 0.05) is 24.1 Å². The van der Waals surface area contributed by atoms with Crippen LogP contribution in [0.25, 0.3) is 10.9 Å². The van der Waals surface area contributed by atoms with Gasteiger partial charge < -0.3 is 14.6 Å². The summed E-state index contributed by atoms with van der Waals surface area (Å²) < 4.78 is 20.8. The number of aromatic nitrogens is 1. The van der Waals surface area contributed by atoms with E-state index < -0.39 is 0 Å². The fourth-order valence-corrected chi connectivity index (χ4v) is 3.38. The van der Waals surface area contributed by atoms with Crippen molar-refractivity contribution in [3.05, 3.63) is 75.8 Å². The summed E-state index contributed by atoms with van der Waals surface area (Å²) in [5.74, 6) is 0.628. The number of nitrogens with one attached hydrogen (secondary N) is 1. The molecule has 1 aromatic heterocycles. The van der Waals surface area contributed by atoms with E-state index in [9.17, 15) is 14.0 Å². The Hall–Kier alpha value is -3.15. The third-order valence-corrected chi connectivity index (χ3v) is 5.18. The first-order chi connectivity index (χ1) is 14.0. The van der Waals surface area contributed by atoms with Gasteiger partial charge in [0.1, 0.15) is 11.6 Å². The van der Waals surface area contributed by atoms with Crippen LogP contribution in [-0.4, -0.2) is 23.6 Å². The van der Waals surface area contributed by atoms with Crippen LogP contribution in [0.15, 0.2) is 53.3 Å². The highest BCUT2D eigenvalue weighted by molar-refractivity contribution is 5.84. The molecule has 1 aliphatic rings. The number of hydrogen-bond donors (Lipinski definition) is 1. The molecule has 0 saturated heterocycles. The van der Waals surface area contributed by atoms with E-state index in [1.807, 2.05) is 13.0 Å². The number of aryl methyl sites for hydroxylation is 1. The van der Waals surface area contributed by atoms with E-state index >= 15 is 0 Å². The summed E-state index contributed by atoms with van der Waals surface area (Å²) in [6.07, 6.45) is 2.35. The Kier molecular flexibility index (Phi) is 5.34. The number of amides is 1. The Morgan fingerprint density at radius 1 is 1.21 bits per heavy atom. The summed E-state index contributed by atoms with van der Waals surface area (Å²) in [4.78, 5) is 24.6. The van der Waals surface area contributed by atoms with Gasteiger partial charge in [-0.3, -0.25) is 9.59 Å². The van der Waals surface area contributed by atoms with Crippen LogP contribution in [0.2, 0.25) is 0 Å². The van der Waals surface area contributed by atoms with Gasteiger partial charge in [-0.05, 0) is 61.1 Å². The Morgan fingerprint density at radius 2 is 2.03 bits per heavy atom. The van der Waals surface area contributed by atoms with Gasteiger partial charge >= 0.3 is 0 Å². The molecule has 5 nitrogen and oxygen atoms in total. The average Bonchev–Trinajstić information content (AvgIpc) is 3.52. The topological polar surface area (TPSA) is 60.3 Å². The Morgan fingerprint density at radius 3 is 2.79 bits per heavy atom. The molecular weight excluding hydrogens is 371 g/mol. The smallest absolute Gasteiger partial charge is 0.257 e. The van der Waals surface area contributed by atoms with Crippen molar-refractivity contribution in [3.8, 4) is 5.75 Å². The van der Waals surface area contributed by atoms with Crippen molar-refractivity contribution in [3.63, 3.8) is 0 Å². The second kappa shape index (κ2) is 8.07. The molecule has 0 atom stereocenters. The van der Waals surface area contributed by atoms with E-state index in [0.717, 1.165) is 10.9 Å². The zero-order chi connectivity index (χ0) is 20.4. The minimum Gasteiger partial charge on any atom is -0.484 e. The normalized spacial score (nSPS) is 13.4. The van der Waals surface area contributed by atoms with Crippen molar-refractivity contribution < 1.29 is 13.9 Å². The number of rotatable bonds is 7. The number of hydrogen-bond acceptors (Lipinski definition) is 3. The van der Waals surface area contributed by atoms with Crippen LogP contribution < -0.4 is 15.6 Å². The number of halogens is 1. The second-order valence-electron chi connectivity index (χ2n) is 7.60. The molecule has 150 valence electrons. The molecule has 1 fully saturated rings. The fraction of sp³-hybridized carbons (Fsp3) is 0.304. The molecule has 29 heavy (non-hydrogen) atoms. The number of fused-ring (bicyclic) bond motifs is 1. The maximum atomic E-state index is 13.6. The Balaban J connectivity index is 1.59. The van der Waals surface area contributed by atoms with E-state index in [1.165, 1.54) is 25.0 Å². The molecule has 1 aliphatic carbocycles. The van der Waals surface area contributed by atoms with Gasteiger partial charge in [-0.1, -0.05) is 12.1 Å². The molecule has 6 heteroatoms. The predicted octanol–water partition coefficient (Wildman–Crippen LogP) is 3.40. The molecule has 0 spiro atoms. The van der Waals surface area contributed by atoms with Crippen molar-refractivity contribution in [2.75, 3.05) is 13.2 Å². The van der Waals surface area contributed by atoms with Crippen molar-refractivity contribution in [2.45, 2.75) is 26.3 Å². The van der Waals surface area contributed by atoms with E-state index in [0.29, 0.717) is 29.3 Å². The number of ether oxygens (including phenoxy) is 1. The zero-order valence-electron chi connectivity index (χ0n) is 16.3. The van der Waals surface area contributed by atoms with Crippen molar-refractivity contribution in [2.24, 2.45) is 5.92 Å². The van der Waals surface area contributed by atoms with Crippen LogP contribution >= 0.6 is 0 Å². The van der Waals surface area contributed by atoms with E-state index in [4.69, 9.17) is 4.74 Å². The predicted molar refractivity (Wildman–Crippen MR) is 110 cm³/mol. The molecule has 0 aliphatic heterocycles. The summed E-state index contributed by atoms with van der Waals surface area (Å²) in [7, 11) is 0. The van der Waals surface area contributed by atoms with Crippen LogP contribution in [0.4, 0.5) is 4.39 Å². The Labute approximate surface area is 168 Å². The van der Waals surface area contributed by atoms with Gasteiger partial charge in [-0.25, -0.2) is 4.39 Å². The summed E-state index contributed by atoms with van der Waals surface area (Å²) in [6.45, 7) is 2.76. The van der Waals surface area contributed by atoms with Gasteiger partial charge in [0.25, 0.3) is 11.5 Å². The lowest BCUT2D eigenvalue weighted by molar-refractivity contribution is -0.123. The highest BCUT2D eigenvalue weighted by Crippen LogP contribution is 2.27. The third kappa shape index (κ3) is 4.65. The van der Waals surface area contributed by atoms with Crippen molar-refractivity contribution >= 4 is 16.8 Å². The number of carbonyl (C=O) groups excluding carboxylic acids is 1. The lowest BCUT2D eigenvalue weighted by Crippen LogP contribution is -2.30. The molecule has 3 aromatic rings. The van der Waals surface area contributed by atoms with E-state index in [1.54, 1.807) is 34.9 Å². The molecule has 1 heterocycles. The first kappa shape index (κ1) is 19.2.